The van der Waals surface area contributed by atoms with Crippen molar-refractivity contribution in [3.63, 3.8) is 0 Å². The van der Waals surface area contributed by atoms with Crippen LogP contribution in [0.2, 0.25) is 5.02 Å². The topological polar surface area (TPSA) is 95.8 Å². The summed E-state index contributed by atoms with van der Waals surface area (Å²) in [4.78, 5) is 28.5. The molecule has 3 rings (SSSR count). The highest BCUT2D eigenvalue weighted by Crippen LogP contribution is 2.23. The first-order valence-electron chi connectivity index (χ1n) is 8.96. The van der Waals surface area contributed by atoms with E-state index in [-0.39, 0.29) is 17.5 Å². The first-order chi connectivity index (χ1) is 13.7. The van der Waals surface area contributed by atoms with Crippen LogP contribution < -0.4 is 10.5 Å². The minimum Gasteiger partial charge on any atom is -0.365 e. The van der Waals surface area contributed by atoms with Crippen LogP contribution in [0, 0.1) is 0 Å². The maximum atomic E-state index is 12.6. The van der Waals surface area contributed by atoms with E-state index in [1.807, 2.05) is 23.1 Å². The van der Waals surface area contributed by atoms with Gasteiger partial charge >= 0.3 is 0 Å². The van der Waals surface area contributed by atoms with Gasteiger partial charge in [-0.25, -0.2) is 8.42 Å². The second kappa shape index (κ2) is 8.52. The third-order valence-electron chi connectivity index (χ3n) is 4.80. The first-order valence-corrected chi connectivity index (χ1v) is 11.2. The fraction of sp³-hybridized carbons (Fsp3) is 0.389. The number of para-hydroxylation sites is 1. The third-order valence-corrected chi connectivity index (χ3v) is 6.42. The van der Waals surface area contributed by atoms with Gasteiger partial charge < -0.3 is 9.80 Å². The highest BCUT2D eigenvalue weighted by molar-refractivity contribution is 7.88. The second-order valence-corrected chi connectivity index (χ2v) is 9.25. The van der Waals surface area contributed by atoms with Gasteiger partial charge in [0.2, 0.25) is 15.9 Å². The van der Waals surface area contributed by atoms with Crippen molar-refractivity contribution in [3.05, 3.63) is 51.9 Å². The number of rotatable bonds is 5. The number of nitrogens with zero attached hydrogens (tertiary/aromatic N) is 5. The molecule has 0 unspecified atom stereocenters. The number of amides is 1. The van der Waals surface area contributed by atoms with Crippen LogP contribution in [-0.2, 0) is 14.8 Å². The molecular weight excluding hydrogens is 418 g/mol. The molecule has 29 heavy (non-hydrogen) atoms. The molecule has 0 N–H and O–H groups in total. The van der Waals surface area contributed by atoms with E-state index < -0.39 is 15.6 Å². The summed E-state index contributed by atoms with van der Waals surface area (Å²) in [6.07, 6.45) is 2.61. The summed E-state index contributed by atoms with van der Waals surface area (Å²) >= 11 is 6.33. The van der Waals surface area contributed by atoms with Gasteiger partial charge in [0, 0.05) is 33.2 Å². The number of carbonyl (C=O) groups is 1. The number of piperazine rings is 1. The Morgan fingerprint density at radius 2 is 1.79 bits per heavy atom. The molecule has 9 nitrogen and oxygen atoms in total. The van der Waals surface area contributed by atoms with Crippen LogP contribution in [-0.4, -0.2) is 79.3 Å². The normalized spacial score (nSPS) is 15.0. The van der Waals surface area contributed by atoms with Gasteiger partial charge in [0.25, 0.3) is 5.56 Å². The van der Waals surface area contributed by atoms with Crippen LogP contribution in [0.25, 0.3) is 5.69 Å². The number of aromatic nitrogens is 2. The maximum Gasteiger partial charge on any atom is 0.292 e. The summed E-state index contributed by atoms with van der Waals surface area (Å²) in [5.74, 6) is -0.263. The zero-order valence-corrected chi connectivity index (χ0v) is 17.7. The summed E-state index contributed by atoms with van der Waals surface area (Å²) < 4.78 is 25.2. The van der Waals surface area contributed by atoms with Crippen LogP contribution in [0.5, 0.6) is 0 Å². The Balaban J connectivity index is 1.69. The third kappa shape index (κ3) is 4.77. The zero-order valence-electron chi connectivity index (χ0n) is 16.2. The Labute approximate surface area is 174 Å². The molecule has 0 aliphatic carbocycles. The first kappa shape index (κ1) is 21.3. The van der Waals surface area contributed by atoms with Gasteiger partial charge in [-0.15, -0.1) is 0 Å². The van der Waals surface area contributed by atoms with Crippen molar-refractivity contribution in [2.24, 2.45) is 0 Å². The molecule has 1 saturated heterocycles. The van der Waals surface area contributed by atoms with Gasteiger partial charge in [0.1, 0.15) is 5.02 Å². The van der Waals surface area contributed by atoms with E-state index in [0.29, 0.717) is 37.6 Å². The van der Waals surface area contributed by atoms with Crippen LogP contribution in [0.4, 0.5) is 5.69 Å². The number of sulfonamides is 1. The van der Waals surface area contributed by atoms with Crippen LogP contribution >= 0.6 is 11.6 Å². The van der Waals surface area contributed by atoms with E-state index in [4.69, 9.17) is 11.6 Å². The van der Waals surface area contributed by atoms with Gasteiger partial charge in [0.05, 0.1) is 30.4 Å². The van der Waals surface area contributed by atoms with Crippen molar-refractivity contribution in [3.8, 4) is 5.69 Å². The molecule has 2 aromatic rings. The van der Waals surface area contributed by atoms with Crippen molar-refractivity contribution >= 4 is 33.2 Å². The lowest BCUT2D eigenvalue weighted by Crippen LogP contribution is -2.51. The lowest BCUT2D eigenvalue weighted by molar-refractivity contribution is -0.131. The Kier molecular flexibility index (Phi) is 6.25. The van der Waals surface area contributed by atoms with Gasteiger partial charge in [-0.1, -0.05) is 29.8 Å². The summed E-state index contributed by atoms with van der Waals surface area (Å²) in [7, 11) is -2.04. The average Bonchev–Trinajstić information content (AvgIpc) is 2.70. The van der Waals surface area contributed by atoms with Crippen LogP contribution in [0.1, 0.15) is 0 Å². The highest BCUT2D eigenvalue weighted by Gasteiger charge is 2.26. The molecule has 11 heteroatoms. The predicted molar refractivity (Wildman–Crippen MR) is 111 cm³/mol. The van der Waals surface area contributed by atoms with Gasteiger partial charge in [0.15, 0.2) is 0 Å². The molecule has 156 valence electrons. The number of benzene rings is 1. The minimum atomic E-state index is -3.42. The van der Waals surface area contributed by atoms with Crippen LogP contribution in [0.15, 0.2) is 41.3 Å². The Morgan fingerprint density at radius 3 is 2.38 bits per heavy atom. The summed E-state index contributed by atoms with van der Waals surface area (Å²) in [5, 5.41) is 4.30. The second-order valence-electron chi connectivity index (χ2n) is 6.78. The highest BCUT2D eigenvalue weighted by atomic mass is 35.5. The predicted octanol–water partition coefficient (Wildman–Crippen LogP) is 0.426. The molecule has 0 radical (unpaired) electrons. The maximum absolute atomic E-state index is 12.6. The molecule has 1 aliphatic heterocycles. The Bertz CT molecular complexity index is 1050. The quantitative estimate of drug-likeness (QED) is 0.670. The number of hydrogen-bond donors (Lipinski definition) is 0. The molecule has 1 fully saturated rings. The molecule has 1 aromatic heterocycles. The fourth-order valence-electron chi connectivity index (χ4n) is 3.00. The monoisotopic (exact) mass is 439 g/mol. The smallest absolute Gasteiger partial charge is 0.292 e. The number of hydrogen-bond acceptors (Lipinski definition) is 6. The van der Waals surface area contributed by atoms with Crippen molar-refractivity contribution in [2.45, 2.75) is 0 Å². The summed E-state index contributed by atoms with van der Waals surface area (Å²) in [6.45, 7) is 1.52. The number of likely N-dealkylation sites (N-methyl/N-ethyl adjacent to an activating group) is 1. The SMILES string of the molecule is CN(CC(=O)N1CCN(c2cnn(-c3ccccc3)c(=O)c2Cl)CC1)S(C)(=O)=O. The number of anilines is 1. The standard InChI is InChI=1S/C18H22ClN5O4S/c1-21(29(2,27)28)13-16(25)23-10-8-22(9-11-23)15-12-20-24(18(26)17(15)19)14-6-4-3-5-7-14/h3-7,12H,8-11,13H2,1-2H3. The Morgan fingerprint density at radius 1 is 1.17 bits per heavy atom. The minimum absolute atomic E-state index is 0.0699. The van der Waals surface area contributed by atoms with E-state index in [1.54, 1.807) is 23.2 Å². The number of carbonyl (C=O) groups excluding carboxylic acids is 1. The molecule has 2 heterocycles. The van der Waals surface area contributed by atoms with E-state index >= 15 is 0 Å². The van der Waals surface area contributed by atoms with Crippen molar-refractivity contribution in [1.82, 2.24) is 19.0 Å². The molecule has 0 bridgehead atoms. The lowest BCUT2D eigenvalue weighted by atomic mass is 10.2. The Hall–Kier alpha value is -2.43. The van der Waals surface area contributed by atoms with Crippen molar-refractivity contribution in [1.29, 1.82) is 0 Å². The zero-order chi connectivity index (χ0) is 21.2. The van der Waals surface area contributed by atoms with Gasteiger partial charge in [-0.2, -0.15) is 14.1 Å². The largest absolute Gasteiger partial charge is 0.365 e. The number of halogens is 1. The fourth-order valence-corrected chi connectivity index (χ4v) is 3.60. The summed E-state index contributed by atoms with van der Waals surface area (Å²) in [5.41, 5.74) is 0.726. The molecule has 0 saturated carbocycles. The molecular formula is C18H22ClN5O4S. The van der Waals surface area contributed by atoms with Gasteiger partial charge in [-0.3, -0.25) is 9.59 Å². The van der Waals surface area contributed by atoms with E-state index in [9.17, 15) is 18.0 Å². The average molecular weight is 440 g/mol. The molecule has 1 amide bonds. The molecule has 1 aliphatic rings. The van der Waals surface area contributed by atoms with Crippen LogP contribution in [0.3, 0.4) is 0 Å². The van der Waals surface area contributed by atoms with Gasteiger partial charge in [-0.05, 0) is 12.1 Å². The molecule has 1 aromatic carbocycles. The molecule has 0 spiro atoms. The van der Waals surface area contributed by atoms with Crippen molar-refractivity contribution < 1.29 is 13.2 Å². The van der Waals surface area contributed by atoms with E-state index in [2.05, 4.69) is 5.10 Å². The molecule has 0 atom stereocenters. The van der Waals surface area contributed by atoms with E-state index in [1.165, 1.54) is 11.7 Å². The van der Waals surface area contributed by atoms with E-state index in [0.717, 1.165) is 10.6 Å². The van der Waals surface area contributed by atoms with Crippen molar-refractivity contribution in [2.75, 3.05) is 50.9 Å². The lowest BCUT2D eigenvalue weighted by Gasteiger charge is -2.36. The summed E-state index contributed by atoms with van der Waals surface area (Å²) in [6, 6.07) is 9.00.